The van der Waals surface area contributed by atoms with Gasteiger partial charge in [-0.25, -0.2) is 0 Å². The van der Waals surface area contributed by atoms with E-state index in [9.17, 15) is 9.59 Å². The van der Waals surface area contributed by atoms with Gasteiger partial charge in [0.25, 0.3) is 0 Å². The molecule has 25 heavy (non-hydrogen) atoms. The predicted molar refractivity (Wildman–Crippen MR) is 99.1 cm³/mol. The first-order valence-corrected chi connectivity index (χ1v) is 9.56. The highest BCUT2D eigenvalue weighted by molar-refractivity contribution is 6.27. The van der Waals surface area contributed by atoms with Crippen molar-refractivity contribution in [3.8, 4) is 6.07 Å². The van der Waals surface area contributed by atoms with E-state index in [2.05, 4.69) is 16.7 Å². The minimum Gasteiger partial charge on any atom is -0.351 e. The van der Waals surface area contributed by atoms with Crippen LogP contribution in [-0.4, -0.2) is 54.3 Å². The van der Waals surface area contributed by atoms with E-state index >= 15 is 0 Å². The molecule has 2 aliphatic heterocycles. The standard InChI is InChI=1S/C10H20N2O.C8H11ClN2O/c1-10(2,3)12-9(13)8-4-6-11-7-5-8;9-5-8(12)11-3-1-7(6-10)2-4-11/h8,11H,4-7H2,1-3H3,(H,12,13);7H,1-5H2. The molecule has 7 heteroatoms. The zero-order valence-electron chi connectivity index (χ0n) is 15.6. The molecule has 0 unspecified atom stereocenters. The number of amides is 2. The molecule has 0 spiro atoms. The van der Waals surface area contributed by atoms with Gasteiger partial charge in [0.15, 0.2) is 0 Å². The largest absolute Gasteiger partial charge is 0.351 e. The van der Waals surface area contributed by atoms with Crippen molar-refractivity contribution < 1.29 is 9.59 Å². The first-order valence-electron chi connectivity index (χ1n) is 9.03. The number of nitrogens with one attached hydrogen (secondary N) is 2. The number of piperidine rings is 2. The number of nitrogens with zero attached hydrogens (tertiary/aromatic N) is 2. The number of halogens is 1. The van der Waals surface area contributed by atoms with E-state index in [0.717, 1.165) is 38.8 Å². The van der Waals surface area contributed by atoms with Gasteiger partial charge in [0, 0.05) is 30.5 Å². The molecule has 6 nitrogen and oxygen atoms in total. The molecule has 0 aromatic carbocycles. The van der Waals surface area contributed by atoms with Crippen LogP contribution in [0.25, 0.3) is 0 Å². The fourth-order valence-corrected chi connectivity index (χ4v) is 3.07. The summed E-state index contributed by atoms with van der Waals surface area (Å²) in [5.41, 5.74) is -0.0953. The molecule has 142 valence electrons. The van der Waals surface area contributed by atoms with E-state index in [1.54, 1.807) is 4.90 Å². The summed E-state index contributed by atoms with van der Waals surface area (Å²) in [7, 11) is 0. The molecule has 2 heterocycles. The number of hydrogen-bond acceptors (Lipinski definition) is 4. The zero-order valence-corrected chi connectivity index (χ0v) is 16.4. The van der Waals surface area contributed by atoms with Crippen LogP contribution < -0.4 is 10.6 Å². The van der Waals surface area contributed by atoms with Crippen molar-refractivity contribution in [3.05, 3.63) is 0 Å². The molecule has 2 aliphatic rings. The first kappa shape index (κ1) is 21.7. The Hall–Kier alpha value is -1.32. The lowest BCUT2D eigenvalue weighted by atomic mass is 9.96. The number of likely N-dealkylation sites (tertiary alicyclic amines) is 1. The maximum Gasteiger partial charge on any atom is 0.237 e. The van der Waals surface area contributed by atoms with Crippen LogP contribution >= 0.6 is 11.6 Å². The molecule has 2 amide bonds. The van der Waals surface area contributed by atoms with Crippen molar-refractivity contribution in [2.75, 3.05) is 32.1 Å². The molecule has 0 aromatic rings. The van der Waals surface area contributed by atoms with E-state index in [-0.39, 0.29) is 35.1 Å². The van der Waals surface area contributed by atoms with E-state index in [1.165, 1.54) is 0 Å². The topological polar surface area (TPSA) is 85.2 Å². The Kier molecular flexibility index (Phi) is 9.23. The Morgan fingerprint density at radius 2 is 1.76 bits per heavy atom. The highest BCUT2D eigenvalue weighted by Gasteiger charge is 2.24. The van der Waals surface area contributed by atoms with E-state index < -0.39 is 0 Å². The fourth-order valence-electron chi connectivity index (χ4n) is 2.90. The minimum atomic E-state index is -0.0953. The summed E-state index contributed by atoms with van der Waals surface area (Å²) in [6.07, 6.45) is 3.53. The number of carbonyl (C=O) groups excluding carboxylic acids is 2. The molecule has 0 saturated carbocycles. The van der Waals surface area contributed by atoms with E-state index in [1.807, 2.05) is 20.8 Å². The molecule has 2 rings (SSSR count). The molecule has 2 N–H and O–H groups in total. The molecule has 0 atom stereocenters. The lowest BCUT2D eigenvalue weighted by Gasteiger charge is -2.28. The third-order valence-electron chi connectivity index (χ3n) is 4.35. The maximum absolute atomic E-state index is 11.7. The van der Waals surface area contributed by atoms with Gasteiger partial charge in [-0.2, -0.15) is 5.26 Å². The highest BCUT2D eigenvalue weighted by atomic mass is 35.5. The smallest absolute Gasteiger partial charge is 0.237 e. The Balaban J connectivity index is 0.000000251. The Morgan fingerprint density at radius 1 is 1.20 bits per heavy atom. The SMILES string of the molecule is CC(C)(C)NC(=O)C1CCNCC1.N#CC1CCN(C(=O)CCl)CC1. The van der Waals surface area contributed by atoms with Crippen LogP contribution in [0.2, 0.25) is 0 Å². The summed E-state index contributed by atoms with van der Waals surface area (Å²) in [6.45, 7) is 9.38. The summed E-state index contributed by atoms with van der Waals surface area (Å²) < 4.78 is 0. The van der Waals surface area contributed by atoms with E-state index in [0.29, 0.717) is 13.1 Å². The Labute approximate surface area is 156 Å². The number of alkyl halides is 1. The van der Waals surface area contributed by atoms with Crippen LogP contribution in [0.3, 0.4) is 0 Å². The Bertz CT molecular complexity index is 470. The summed E-state index contributed by atoms with van der Waals surface area (Å²) in [5.74, 6) is 0.601. The molecular weight excluding hydrogens is 340 g/mol. The summed E-state index contributed by atoms with van der Waals surface area (Å²) in [4.78, 5) is 24.5. The number of nitriles is 1. The quantitative estimate of drug-likeness (QED) is 0.727. The van der Waals surface area contributed by atoms with Crippen LogP contribution in [0.1, 0.15) is 46.5 Å². The van der Waals surface area contributed by atoms with E-state index in [4.69, 9.17) is 16.9 Å². The maximum atomic E-state index is 11.7. The molecule has 2 saturated heterocycles. The van der Waals surface area contributed by atoms with Crippen LogP contribution in [0, 0.1) is 23.2 Å². The molecule has 0 bridgehead atoms. The summed E-state index contributed by atoms with van der Waals surface area (Å²) >= 11 is 5.40. The molecular formula is C18H31ClN4O2. The number of carbonyl (C=O) groups is 2. The third-order valence-corrected chi connectivity index (χ3v) is 4.58. The van der Waals surface area contributed by atoms with Gasteiger partial charge < -0.3 is 15.5 Å². The number of rotatable bonds is 2. The van der Waals surface area contributed by atoms with Gasteiger partial charge in [-0.05, 0) is 59.5 Å². The third kappa shape index (κ3) is 8.55. The van der Waals surface area contributed by atoms with Crippen LogP contribution in [-0.2, 0) is 9.59 Å². The van der Waals surface area contributed by atoms with Crippen molar-refractivity contribution in [2.45, 2.75) is 52.0 Å². The average molecular weight is 371 g/mol. The van der Waals surface area contributed by atoms with Crippen LogP contribution in [0.15, 0.2) is 0 Å². The van der Waals surface area contributed by atoms with Crippen LogP contribution in [0.4, 0.5) is 0 Å². The van der Waals surface area contributed by atoms with Gasteiger partial charge in [-0.1, -0.05) is 0 Å². The van der Waals surface area contributed by atoms with Crippen molar-refractivity contribution in [2.24, 2.45) is 11.8 Å². The first-order chi connectivity index (χ1) is 11.8. The second-order valence-corrected chi connectivity index (χ2v) is 7.95. The second kappa shape index (κ2) is 10.6. The highest BCUT2D eigenvalue weighted by Crippen LogP contribution is 2.16. The summed E-state index contributed by atoms with van der Waals surface area (Å²) in [6, 6.07) is 2.21. The average Bonchev–Trinajstić information content (AvgIpc) is 2.61. The molecule has 0 radical (unpaired) electrons. The lowest BCUT2D eigenvalue weighted by molar-refractivity contribution is -0.129. The predicted octanol–water partition coefficient (Wildman–Crippen LogP) is 1.89. The Morgan fingerprint density at radius 3 is 2.20 bits per heavy atom. The summed E-state index contributed by atoms with van der Waals surface area (Å²) in [5, 5.41) is 14.9. The molecule has 2 fully saturated rings. The van der Waals surface area contributed by atoms with Crippen LogP contribution in [0.5, 0.6) is 0 Å². The van der Waals surface area contributed by atoms with Gasteiger partial charge in [0.1, 0.15) is 5.88 Å². The zero-order chi connectivity index (χ0) is 18.9. The van der Waals surface area contributed by atoms with Gasteiger partial charge in [0.2, 0.25) is 11.8 Å². The van der Waals surface area contributed by atoms with Gasteiger partial charge in [-0.3, -0.25) is 9.59 Å². The second-order valence-electron chi connectivity index (χ2n) is 7.68. The minimum absolute atomic E-state index is 0.0203. The van der Waals surface area contributed by atoms with Crippen molar-refractivity contribution in [3.63, 3.8) is 0 Å². The van der Waals surface area contributed by atoms with Crippen molar-refractivity contribution in [1.82, 2.24) is 15.5 Å². The van der Waals surface area contributed by atoms with Crippen molar-refractivity contribution in [1.29, 1.82) is 5.26 Å². The fraction of sp³-hybridized carbons (Fsp3) is 0.833. The lowest BCUT2D eigenvalue weighted by Crippen LogP contribution is -2.46. The number of hydrogen-bond donors (Lipinski definition) is 2. The normalized spacial score (nSPS) is 19.4. The monoisotopic (exact) mass is 370 g/mol. The molecule has 0 aromatic heterocycles. The van der Waals surface area contributed by atoms with Crippen molar-refractivity contribution >= 4 is 23.4 Å². The van der Waals surface area contributed by atoms with Gasteiger partial charge in [-0.15, -0.1) is 11.6 Å². The van der Waals surface area contributed by atoms with Gasteiger partial charge >= 0.3 is 0 Å². The van der Waals surface area contributed by atoms with Gasteiger partial charge in [0.05, 0.1) is 6.07 Å². The molecule has 0 aliphatic carbocycles.